The van der Waals surface area contributed by atoms with Gasteiger partial charge in [-0.1, -0.05) is 25.0 Å². The smallest absolute Gasteiger partial charge is 0.327 e. The maximum atomic E-state index is 13.3. The highest BCUT2D eigenvalue weighted by Gasteiger charge is 2.30. The Balaban J connectivity index is 1.35. The summed E-state index contributed by atoms with van der Waals surface area (Å²) in [4.78, 5) is 10.6. The highest BCUT2D eigenvalue weighted by molar-refractivity contribution is 5.79. The number of rotatable bonds is 7. The summed E-state index contributed by atoms with van der Waals surface area (Å²) in [6.45, 7) is 0. The first-order valence-electron chi connectivity index (χ1n) is 10.8. The zero-order valence-electron chi connectivity index (χ0n) is 16.6. The van der Waals surface area contributed by atoms with E-state index in [9.17, 15) is 13.6 Å². The van der Waals surface area contributed by atoms with Gasteiger partial charge in [-0.2, -0.15) is 0 Å². The fourth-order valence-electron chi connectivity index (χ4n) is 5.27. The minimum atomic E-state index is -0.852. The van der Waals surface area contributed by atoms with Gasteiger partial charge in [0.1, 0.15) is 0 Å². The Morgan fingerprint density at radius 2 is 1.54 bits per heavy atom. The summed E-state index contributed by atoms with van der Waals surface area (Å²) in [6, 6.07) is 4.27. The average molecular weight is 391 g/mol. The van der Waals surface area contributed by atoms with Crippen LogP contribution in [0.15, 0.2) is 30.4 Å². The summed E-state index contributed by atoms with van der Waals surface area (Å²) < 4.78 is 26.4. The molecule has 0 radical (unpaired) electrons. The molecule has 1 aromatic carbocycles. The fraction of sp³-hybridized carbons (Fsp3) is 0.625. The van der Waals surface area contributed by atoms with Gasteiger partial charge in [-0.3, -0.25) is 0 Å². The van der Waals surface area contributed by atoms with Crippen molar-refractivity contribution in [2.75, 3.05) is 0 Å². The molecule has 2 fully saturated rings. The van der Waals surface area contributed by atoms with Crippen LogP contribution in [0.1, 0.15) is 69.8 Å². The Bertz CT molecular complexity index is 669. The average Bonchev–Trinajstić information content (AvgIpc) is 2.70. The van der Waals surface area contributed by atoms with E-state index in [2.05, 4.69) is 0 Å². The second kappa shape index (κ2) is 10.2. The standard InChI is InChI=1S/C24H32F2O2/c25-22-15-10-19(16-23(22)26)5-4-18-8-13-21(14-9-18)20-11-6-17(7-12-20)2-1-3-24(27)28/h1,3,10,15-18,20-21H,2,4-9,11-14H2,(H,27,28)/b3-1+. The van der Waals surface area contributed by atoms with Crippen LogP contribution < -0.4 is 0 Å². The molecule has 0 amide bonds. The van der Waals surface area contributed by atoms with Crippen molar-refractivity contribution in [2.24, 2.45) is 23.7 Å². The molecule has 0 aromatic heterocycles. The van der Waals surface area contributed by atoms with Crippen LogP contribution in [0.4, 0.5) is 8.78 Å². The molecule has 0 unspecified atom stereocenters. The topological polar surface area (TPSA) is 37.3 Å². The van der Waals surface area contributed by atoms with Crippen molar-refractivity contribution in [3.63, 3.8) is 0 Å². The molecule has 2 aliphatic rings. The Labute approximate surface area is 167 Å². The number of allylic oxidation sites excluding steroid dienone is 1. The van der Waals surface area contributed by atoms with E-state index in [0.717, 1.165) is 36.7 Å². The molecule has 1 N–H and O–H groups in total. The van der Waals surface area contributed by atoms with Crippen LogP contribution >= 0.6 is 0 Å². The van der Waals surface area contributed by atoms with Crippen LogP contribution in [0.25, 0.3) is 0 Å². The van der Waals surface area contributed by atoms with Gasteiger partial charge < -0.3 is 5.11 Å². The zero-order valence-corrected chi connectivity index (χ0v) is 16.6. The number of hydrogen-bond acceptors (Lipinski definition) is 1. The second-order valence-electron chi connectivity index (χ2n) is 8.83. The van der Waals surface area contributed by atoms with Gasteiger partial charge in [-0.15, -0.1) is 0 Å². The van der Waals surface area contributed by atoms with E-state index in [1.165, 1.54) is 69.6 Å². The lowest BCUT2D eigenvalue weighted by atomic mass is 9.68. The summed E-state index contributed by atoms with van der Waals surface area (Å²) in [5.41, 5.74) is 0.899. The molecular formula is C24H32F2O2. The van der Waals surface area contributed by atoms with Crippen molar-refractivity contribution in [3.8, 4) is 0 Å². The lowest BCUT2D eigenvalue weighted by molar-refractivity contribution is -0.131. The molecule has 2 aliphatic carbocycles. The van der Waals surface area contributed by atoms with E-state index in [-0.39, 0.29) is 0 Å². The molecule has 0 spiro atoms. The fourth-order valence-corrected chi connectivity index (χ4v) is 5.27. The van der Waals surface area contributed by atoms with Gasteiger partial charge >= 0.3 is 5.97 Å². The van der Waals surface area contributed by atoms with Crippen molar-refractivity contribution in [2.45, 2.75) is 70.6 Å². The predicted molar refractivity (Wildman–Crippen MR) is 107 cm³/mol. The Kier molecular flexibility index (Phi) is 7.64. The van der Waals surface area contributed by atoms with Gasteiger partial charge in [0, 0.05) is 6.08 Å². The van der Waals surface area contributed by atoms with E-state index >= 15 is 0 Å². The van der Waals surface area contributed by atoms with Crippen molar-refractivity contribution < 1.29 is 18.7 Å². The van der Waals surface area contributed by atoms with Crippen LogP contribution in [0.5, 0.6) is 0 Å². The summed E-state index contributed by atoms with van der Waals surface area (Å²) in [5, 5.41) is 8.68. The number of hydrogen-bond donors (Lipinski definition) is 1. The predicted octanol–water partition coefficient (Wildman–Crippen LogP) is 6.54. The van der Waals surface area contributed by atoms with E-state index in [1.807, 2.05) is 6.08 Å². The molecule has 4 heteroatoms. The molecule has 1 aromatic rings. The first-order chi connectivity index (χ1) is 13.5. The van der Waals surface area contributed by atoms with Crippen LogP contribution in [0.3, 0.4) is 0 Å². The van der Waals surface area contributed by atoms with Crippen LogP contribution in [-0.2, 0) is 11.2 Å². The van der Waals surface area contributed by atoms with Crippen LogP contribution in [-0.4, -0.2) is 11.1 Å². The SMILES string of the molecule is O=C(O)/C=C/CC1CCC(C2CCC(CCc3ccc(F)c(F)c3)CC2)CC1. The molecule has 28 heavy (non-hydrogen) atoms. The maximum Gasteiger partial charge on any atom is 0.327 e. The summed E-state index contributed by atoms with van der Waals surface area (Å²) in [7, 11) is 0. The van der Waals surface area contributed by atoms with Gasteiger partial charge in [0.25, 0.3) is 0 Å². The van der Waals surface area contributed by atoms with Crippen LogP contribution in [0, 0.1) is 35.3 Å². The van der Waals surface area contributed by atoms with Gasteiger partial charge in [0.05, 0.1) is 0 Å². The molecule has 0 bridgehead atoms. The van der Waals surface area contributed by atoms with Gasteiger partial charge in [0.15, 0.2) is 11.6 Å². The van der Waals surface area contributed by atoms with Gasteiger partial charge in [-0.05, 0) is 99.2 Å². The minimum absolute atomic E-state index is 0.652. The molecule has 0 atom stereocenters. The molecule has 2 saturated carbocycles. The molecule has 0 saturated heterocycles. The van der Waals surface area contributed by atoms with E-state index in [4.69, 9.17) is 5.11 Å². The van der Waals surface area contributed by atoms with Gasteiger partial charge in [0.2, 0.25) is 0 Å². The molecule has 0 heterocycles. The number of carboxylic acid groups (broad SMARTS) is 1. The number of carbonyl (C=O) groups is 1. The zero-order chi connectivity index (χ0) is 19.9. The third kappa shape index (κ3) is 6.15. The molecule has 2 nitrogen and oxygen atoms in total. The minimum Gasteiger partial charge on any atom is -0.478 e. The maximum absolute atomic E-state index is 13.3. The quantitative estimate of drug-likeness (QED) is 0.537. The second-order valence-corrected chi connectivity index (χ2v) is 8.83. The number of carboxylic acids is 1. The number of aliphatic carboxylic acids is 1. The Morgan fingerprint density at radius 1 is 0.929 bits per heavy atom. The molecule has 0 aliphatic heterocycles. The number of halogens is 2. The summed E-state index contributed by atoms with van der Waals surface area (Å²) >= 11 is 0. The van der Waals surface area contributed by atoms with E-state index in [0.29, 0.717) is 11.8 Å². The molecule has 154 valence electrons. The van der Waals surface area contributed by atoms with E-state index < -0.39 is 17.6 Å². The highest BCUT2D eigenvalue weighted by atomic mass is 19.2. The monoisotopic (exact) mass is 390 g/mol. The normalized spacial score (nSPS) is 28.5. The number of benzene rings is 1. The highest BCUT2D eigenvalue weighted by Crippen LogP contribution is 2.42. The van der Waals surface area contributed by atoms with E-state index in [1.54, 1.807) is 6.07 Å². The van der Waals surface area contributed by atoms with Crippen molar-refractivity contribution >= 4 is 5.97 Å². The van der Waals surface area contributed by atoms with Gasteiger partial charge in [-0.25, -0.2) is 13.6 Å². The summed E-state index contributed by atoms with van der Waals surface area (Å²) in [5.74, 6) is 0.685. The lowest BCUT2D eigenvalue weighted by Crippen LogP contribution is -2.26. The largest absolute Gasteiger partial charge is 0.478 e. The summed E-state index contributed by atoms with van der Waals surface area (Å²) in [6.07, 6.45) is 16.0. The number of aryl methyl sites for hydroxylation is 1. The van der Waals surface area contributed by atoms with Crippen molar-refractivity contribution in [1.29, 1.82) is 0 Å². The lowest BCUT2D eigenvalue weighted by Gasteiger charge is -2.37. The first kappa shape index (κ1) is 21.0. The Hall–Kier alpha value is -1.71. The molecule has 3 rings (SSSR count). The van der Waals surface area contributed by atoms with Crippen LogP contribution in [0.2, 0.25) is 0 Å². The Morgan fingerprint density at radius 3 is 2.11 bits per heavy atom. The third-order valence-electron chi connectivity index (χ3n) is 7.00. The third-order valence-corrected chi connectivity index (χ3v) is 7.00. The molecular weight excluding hydrogens is 358 g/mol. The van der Waals surface area contributed by atoms with Crippen molar-refractivity contribution in [1.82, 2.24) is 0 Å². The van der Waals surface area contributed by atoms with Crippen molar-refractivity contribution in [3.05, 3.63) is 47.5 Å². The first-order valence-corrected chi connectivity index (χ1v) is 10.8.